The molecule has 0 aromatic rings. The Bertz CT molecular complexity index is 138. The summed E-state index contributed by atoms with van der Waals surface area (Å²) >= 11 is 0. The van der Waals surface area contributed by atoms with Gasteiger partial charge in [-0.25, -0.2) is 0 Å². The van der Waals surface area contributed by atoms with E-state index in [-0.39, 0.29) is 0 Å². The Kier molecular flexibility index (Phi) is 6.20. The van der Waals surface area contributed by atoms with E-state index in [0.29, 0.717) is 6.10 Å². The molecule has 2 unspecified atom stereocenters. The van der Waals surface area contributed by atoms with Gasteiger partial charge in [0.1, 0.15) is 0 Å². The SMILES string of the molecule is CCNCCOC1CCCCC1CC. The molecule has 1 N–H and O–H groups in total. The average molecular weight is 199 g/mol. The van der Waals surface area contributed by atoms with E-state index >= 15 is 0 Å². The molecule has 1 fully saturated rings. The lowest BCUT2D eigenvalue weighted by Crippen LogP contribution is -2.30. The molecule has 2 nitrogen and oxygen atoms in total. The highest BCUT2D eigenvalue weighted by Gasteiger charge is 2.23. The summed E-state index contributed by atoms with van der Waals surface area (Å²) in [4.78, 5) is 0. The summed E-state index contributed by atoms with van der Waals surface area (Å²) in [6.07, 6.45) is 7.26. The number of nitrogens with one attached hydrogen (secondary N) is 1. The smallest absolute Gasteiger partial charge is 0.0603 e. The summed E-state index contributed by atoms with van der Waals surface area (Å²) in [6.45, 7) is 7.36. The van der Waals surface area contributed by atoms with Crippen LogP contribution in [0.2, 0.25) is 0 Å². The summed E-state index contributed by atoms with van der Waals surface area (Å²) in [5.74, 6) is 0.824. The molecule has 0 aromatic heterocycles. The Labute approximate surface area is 88.4 Å². The fraction of sp³-hybridized carbons (Fsp3) is 1.00. The molecule has 1 saturated carbocycles. The van der Waals surface area contributed by atoms with Crippen molar-refractivity contribution in [3.63, 3.8) is 0 Å². The van der Waals surface area contributed by atoms with E-state index in [9.17, 15) is 0 Å². The van der Waals surface area contributed by atoms with Gasteiger partial charge in [0.15, 0.2) is 0 Å². The van der Waals surface area contributed by atoms with Gasteiger partial charge in [-0.2, -0.15) is 0 Å². The Hall–Kier alpha value is -0.0800. The van der Waals surface area contributed by atoms with Crippen molar-refractivity contribution in [3.05, 3.63) is 0 Å². The Balaban J connectivity index is 2.13. The number of hydrogen-bond donors (Lipinski definition) is 1. The van der Waals surface area contributed by atoms with E-state index in [2.05, 4.69) is 19.2 Å². The van der Waals surface area contributed by atoms with Gasteiger partial charge in [-0.3, -0.25) is 0 Å². The average Bonchev–Trinajstić information content (AvgIpc) is 2.25. The van der Waals surface area contributed by atoms with Crippen LogP contribution < -0.4 is 5.32 Å². The first-order chi connectivity index (χ1) is 6.88. The highest BCUT2D eigenvalue weighted by molar-refractivity contribution is 4.74. The van der Waals surface area contributed by atoms with Gasteiger partial charge in [0.05, 0.1) is 12.7 Å². The fourth-order valence-electron chi connectivity index (χ4n) is 2.32. The van der Waals surface area contributed by atoms with E-state index in [1.165, 1.54) is 32.1 Å². The summed E-state index contributed by atoms with van der Waals surface area (Å²) in [5, 5.41) is 3.30. The third-order valence-corrected chi connectivity index (χ3v) is 3.22. The minimum Gasteiger partial charge on any atom is -0.377 e. The summed E-state index contributed by atoms with van der Waals surface area (Å²) in [6, 6.07) is 0. The number of likely N-dealkylation sites (N-methyl/N-ethyl adjacent to an activating group) is 1. The molecular formula is C12H25NO. The summed E-state index contributed by atoms with van der Waals surface area (Å²) in [5.41, 5.74) is 0. The zero-order chi connectivity index (χ0) is 10.2. The lowest BCUT2D eigenvalue weighted by atomic mass is 9.85. The van der Waals surface area contributed by atoms with Crippen molar-refractivity contribution in [2.24, 2.45) is 5.92 Å². The standard InChI is InChI=1S/C12H25NO/c1-3-11-7-5-6-8-12(11)14-10-9-13-4-2/h11-13H,3-10H2,1-2H3. The molecule has 0 bridgehead atoms. The topological polar surface area (TPSA) is 21.3 Å². The zero-order valence-corrected chi connectivity index (χ0v) is 9.72. The maximum absolute atomic E-state index is 5.93. The van der Waals surface area contributed by atoms with Gasteiger partial charge in [0, 0.05) is 6.54 Å². The van der Waals surface area contributed by atoms with Crippen LogP contribution in [0, 0.1) is 5.92 Å². The van der Waals surface area contributed by atoms with Crippen molar-refractivity contribution in [2.45, 2.75) is 52.1 Å². The Morgan fingerprint density at radius 2 is 2.00 bits per heavy atom. The van der Waals surface area contributed by atoms with Gasteiger partial charge in [0.2, 0.25) is 0 Å². The Morgan fingerprint density at radius 1 is 1.21 bits per heavy atom. The van der Waals surface area contributed by atoms with Crippen molar-refractivity contribution >= 4 is 0 Å². The summed E-state index contributed by atoms with van der Waals surface area (Å²) < 4.78 is 5.93. The highest BCUT2D eigenvalue weighted by Crippen LogP contribution is 2.28. The van der Waals surface area contributed by atoms with Gasteiger partial charge < -0.3 is 10.1 Å². The molecule has 0 aromatic carbocycles. The minimum absolute atomic E-state index is 0.549. The molecule has 0 saturated heterocycles. The van der Waals surface area contributed by atoms with Crippen LogP contribution in [-0.4, -0.2) is 25.8 Å². The van der Waals surface area contributed by atoms with Crippen LogP contribution in [0.15, 0.2) is 0 Å². The molecule has 0 aliphatic heterocycles. The van der Waals surface area contributed by atoms with Crippen molar-refractivity contribution < 1.29 is 4.74 Å². The second-order valence-corrected chi connectivity index (χ2v) is 4.22. The van der Waals surface area contributed by atoms with Crippen molar-refractivity contribution in [3.8, 4) is 0 Å². The van der Waals surface area contributed by atoms with E-state index in [1.807, 2.05) is 0 Å². The molecule has 1 aliphatic rings. The molecule has 1 aliphatic carbocycles. The van der Waals surface area contributed by atoms with Crippen LogP contribution in [-0.2, 0) is 4.74 Å². The normalized spacial score (nSPS) is 27.9. The van der Waals surface area contributed by atoms with Crippen LogP contribution in [0.1, 0.15) is 46.0 Å². The zero-order valence-electron chi connectivity index (χ0n) is 9.72. The van der Waals surface area contributed by atoms with Crippen molar-refractivity contribution in [1.29, 1.82) is 0 Å². The van der Waals surface area contributed by atoms with Gasteiger partial charge >= 0.3 is 0 Å². The molecule has 2 atom stereocenters. The first-order valence-electron chi connectivity index (χ1n) is 6.20. The molecular weight excluding hydrogens is 174 g/mol. The molecule has 14 heavy (non-hydrogen) atoms. The van der Waals surface area contributed by atoms with Gasteiger partial charge in [-0.1, -0.05) is 33.1 Å². The first-order valence-corrected chi connectivity index (χ1v) is 6.20. The first kappa shape index (κ1) is 12.0. The molecule has 0 spiro atoms. The molecule has 84 valence electrons. The van der Waals surface area contributed by atoms with E-state index < -0.39 is 0 Å². The second-order valence-electron chi connectivity index (χ2n) is 4.22. The third kappa shape index (κ3) is 3.97. The molecule has 1 rings (SSSR count). The lowest BCUT2D eigenvalue weighted by molar-refractivity contribution is -0.0101. The molecule has 0 amide bonds. The maximum atomic E-state index is 5.93. The fourth-order valence-corrected chi connectivity index (χ4v) is 2.32. The van der Waals surface area contributed by atoms with Crippen molar-refractivity contribution in [2.75, 3.05) is 19.7 Å². The molecule has 0 heterocycles. The number of rotatable bonds is 6. The monoisotopic (exact) mass is 199 g/mol. The second kappa shape index (κ2) is 7.24. The predicted molar refractivity (Wildman–Crippen MR) is 60.5 cm³/mol. The maximum Gasteiger partial charge on any atom is 0.0603 e. The van der Waals surface area contributed by atoms with Gasteiger partial charge in [-0.15, -0.1) is 0 Å². The van der Waals surface area contributed by atoms with Gasteiger partial charge in [0.25, 0.3) is 0 Å². The summed E-state index contributed by atoms with van der Waals surface area (Å²) in [7, 11) is 0. The Morgan fingerprint density at radius 3 is 2.71 bits per heavy atom. The molecule has 2 heteroatoms. The van der Waals surface area contributed by atoms with Crippen LogP contribution in [0.4, 0.5) is 0 Å². The van der Waals surface area contributed by atoms with E-state index in [1.54, 1.807) is 0 Å². The van der Waals surface area contributed by atoms with E-state index in [0.717, 1.165) is 25.6 Å². The number of ether oxygens (including phenoxy) is 1. The molecule has 0 radical (unpaired) electrons. The minimum atomic E-state index is 0.549. The quantitative estimate of drug-likeness (QED) is 0.664. The third-order valence-electron chi connectivity index (χ3n) is 3.22. The van der Waals surface area contributed by atoms with Crippen LogP contribution in [0.25, 0.3) is 0 Å². The number of hydrogen-bond acceptors (Lipinski definition) is 2. The van der Waals surface area contributed by atoms with Crippen molar-refractivity contribution in [1.82, 2.24) is 5.32 Å². The van der Waals surface area contributed by atoms with E-state index in [4.69, 9.17) is 4.74 Å². The lowest BCUT2D eigenvalue weighted by Gasteiger charge is -2.30. The largest absolute Gasteiger partial charge is 0.377 e. The predicted octanol–water partition coefficient (Wildman–Crippen LogP) is 2.58. The van der Waals surface area contributed by atoms with Crippen LogP contribution in [0.5, 0.6) is 0 Å². The van der Waals surface area contributed by atoms with Crippen LogP contribution >= 0.6 is 0 Å². The highest BCUT2D eigenvalue weighted by atomic mass is 16.5. The van der Waals surface area contributed by atoms with Crippen LogP contribution in [0.3, 0.4) is 0 Å². The van der Waals surface area contributed by atoms with Gasteiger partial charge in [-0.05, 0) is 25.3 Å².